The fraction of sp³-hybridized carbons (Fsp3) is 0.467. The van der Waals surface area contributed by atoms with Crippen LogP contribution in [0.15, 0.2) is 128 Å². The van der Waals surface area contributed by atoms with E-state index >= 15 is 56.7 Å². The standard InChI is InChI=1S/C92H116F3N17O21S/c1-7-8-27-72-91(130)111-34-19-28-71(111)85(124)104-68(46-132-50-113)84(123)107-79(52(2)3)92(131)109(5)73(39-53-20-11-9-12-21-53)86(125)105-69(47-133-51-114)89(128)112-45-59(116)42-74(112)87(126)103-66(41-57-43-98-63-25-16-15-24-60(57)63)83(122)102-65(37-55-29-31-58(115)32-30-55)82(121)101-64(26-17-18-33-96)81(120)106-70(80(119)99-44-76(97)117)48-134-49-77(118)100-67(38-56-35-61(93)78(95)62(94)36-56)88(127)110(6)75(90(129)108(72)4)40-54-22-13-10-14-23-54/h9-16,20-25,29-32,35-36,43,50-52,59,64-75,79,98,115-116H,7-8,17-19,26-28,33-34,37-42,44-49,96H2,1-6H3,(H2,97,117)(H,99,119)(H,100,118)(H,101,121)(H,102,122)(H,103,126)(H,104,124)(H,105,125)(H,106,120)(H,107,123)/t59-,64+,65+,66+,67+,68+,69+,70+,71-,72+,73+,74-,75+,79+/m1/s1. The first-order valence-electron chi connectivity index (χ1n) is 44.0. The van der Waals surface area contributed by atoms with E-state index in [0.717, 1.165) is 19.6 Å². The number of para-hydroxylation sites is 1. The van der Waals surface area contributed by atoms with E-state index in [2.05, 4.69) is 52.8 Å². The Labute approximate surface area is 775 Å². The molecule has 0 aliphatic carbocycles. The first-order valence-corrected chi connectivity index (χ1v) is 45.2. The van der Waals surface area contributed by atoms with E-state index in [1.807, 2.05) is 6.92 Å². The number of nitrogens with zero attached hydrogens (tertiary/aromatic N) is 5. The van der Waals surface area contributed by atoms with Gasteiger partial charge in [0.15, 0.2) is 17.5 Å². The molecule has 0 unspecified atom stereocenters. The number of aromatic amines is 1. The monoisotopic (exact) mass is 1880 g/mol. The number of H-pyrrole nitrogens is 1. The summed E-state index contributed by atoms with van der Waals surface area (Å²) in [5.74, 6) is -22.8. The molecule has 134 heavy (non-hydrogen) atoms. The highest BCUT2D eigenvalue weighted by molar-refractivity contribution is 8.00. The second-order valence-electron chi connectivity index (χ2n) is 33.6. The first kappa shape index (κ1) is 104. The van der Waals surface area contributed by atoms with Gasteiger partial charge >= 0.3 is 0 Å². The van der Waals surface area contributed by atoms with Crippen molar-refractivity contribution in [3.63, 3.8) is 0 Å². The predicted molar refractivity (Wildman–Crippen MR) is 481 cm³/mol. The summed E-state index contributed by atoms with van der Waals surface area (Å²) in [6, 6.07) is 8.24. The number of likely N-dealkylation sites (N-methyl/N-ethyl adjacent to an activating group) is 3. The summed E-state index contributed by atoms with van der Waals surface area (Å²) in [4.78, 5) is 257. The highest BCUT2D eigenvalue weighted by Crippen LogP contribution is 2.28. The van der Waals surface area contributed by atoms with Crippen molar-refractivity contribution in [3.8, 4) is 5.75 Å². The van der Waals surface area contributed by atoms with Crippen molar-refractivity contribution in [1.82, 2.24) is 77.3 Å². The Morgan fingerprint density at radius 3 is 1.72 bits per heavy atom. The van der Waals surface area contributed by atoms with Crippen molar-refractivity contribution in [2.24, 2.45) is 17.4 Å². The van der Waals surface area contributed by atoms with Crippen LogP contribution in [0.5, 0.6) is 5.75 Å². The molecule has 722 valence electrons. The SMILES string of the molecule is CCCC[C@H]1C(=O)N2CCC[C@@H]2C(=O)N[C@@H](COC=O)C(=O)N[C@@H](C(C)C)C(=O)N(C)[C@@H](Cc2ccccc2)C(=O)N[C@@H](COC=O)C(=O)N2C[C@H](O)C[C@@H]2C(=O)N[C@@H](Cc2c[nH]c3ccccc23)C(=O)N[C@@H](Cc2ccc(O)cc2)C(=O)N[C@@H](CCCCN)C(=O)N[C@H](C(=O)NCC(N)=O)CSCC(=O)N[C@@H](Cc2cc(F)c(F)c(F)c2)C(=O)N(C)[C@@H](Cc2ccccc2)C(=O)N1C. The fourth-order valence-corrected chi connectivity index (χ4v) is 17.1. The lowest BCUT2D eigenvalue weighted by Gasteiger charge is -2.38. The Hall–Kier alpha value is -13.5. The first-order chi connectivity index (χ1) is 64.0. The number of fused-ring (bicyclic) bond motifs is 3. The number of nitrogens with one attached hydrogen (secondary N) is 10. The molecule has 0 bridgehead atoms. The number of aliphatic hydroxyl groups is 1. The topological polar surface area (TPSA) is 541 Å². The maximum atomic E-state index is 15.7. The Kier molecular flexibility index (Phi) is 39.2. The molecule has 3 fully saturated rings. The Morgan fingerprint density at radius 1 is 0.552 bits per heavy atom. The maximum Gasteiger partial charge on any atom is 0.293 e. The molecule has 0 spiro atoms. The zero-order chi connectivity index (χ0) is 97.6. The Bertz CT molecular complexity index is 5140. The number of nitrogens with two attached hydrogens (primary N) is 2. The number of amides is 15. The van der Waals surface area contributed by atoms with Crippen LogP contribution in [-0.2, 0) is 123 Å². The second-order valence-corrected chi connectivity index (χ2v) is 34.6. The van der Waals surface area contributed by atoms with Gasteiger partial charge in [0.25, 0.3) is 12.9 Å². The van der Waals surface area contributed by atoms with Crippen LogP contribution in [0.25, 0.3) is 10.9 Å². The molecular formula is C92H116F3N17O21S. The minimum Gasteiger partial charge on any atom is -0.508 e. The summed E-state index contributed by atoms with van der Waals surface area (Å²) in [6.07, 6.45) is -1.47. The number of rotatable bonds is 27. The van der Waals surface area contributed by atoms with Crippen LogP contribution in [0, 0.1) is 23.4 Å². The van der Waals surface area contributed by atoms with Gasteiger partial charge in [0.1, 0.15) is 97.5 Å². The van der Waals surface area contributed by atoms with E-state index in [1.165, 1.54) is 64.2 Å². The molecule has 3 aliphatic rings. The Balaban J connectivity index is 1.14. The number of carbonyl (C=O) groups excluding carboxylic acids is 17. The normalized spacial score (nSPS) is 23.9. The third-order valence-corrected chi connectivity index (χ3v) is 24.6. The molecule has 14 atom stereocenters. The van der Waals surface area contributed by atoms with Gasteiger partial charge in [-0.3, -0.25) is 81.5 Å². The minimum absolute atomic E-state index is 0.00886. The molecule has 15 amide bonds. The number of aromatic hydroxyl groups is 1. The number of aromatic nitrogens is 1. The molecule has 38 nitrogen and oxygen atoms in total. The van der Waals surface area contributed by atoms with E-state index in [4.69, 9.17) is 20.9 Å². The van der Waals surface area contributed by atoms with Gasteiger partial charge < -0.3 is 108 Å². The van der Waals surface area contributed by atoms with Crippen molar-refractivity contribution in [1.29, 1.82) is 0 Å². The average Bonchev–Trinajstić information content (AvgIpc) is 1.47. The lowest BCUT2D eigenvalue weighted by molar-refractivity contribution is -0.152. The highest BCUT2D eigenvalue weighted by Gasteiger charge is 2.47. The molecule has 4 heterocycles. The van der Waals surface area contributed by atoms with E-state index in [9.17, 15) is 48.2 Å². The number of benzene rings is 5. The van der Waals surface area contributed by atoms with Crippen molar-refractivity contribution >= 4 is 124 Å². The molecule has 3 saturated heterocycles. The van der Waals surface area contributed by atoms with Crippen LogP contribution in [0.4, 0.5) is 13.2 Å². The van der Waals surface area contributed by atoms with Crippen molar-refractivity contribution in [2.45, 2.75) is 195 Å². The molecule has 9 rings (SSSR count). The van der Waals surface area contributed by atoms with Gasteiger partial charge in [0, 0.05) is 95.6 Å². The predicted octanol–water partition coefficient (Wildman–Crippen LogP) is -0.214. The van der Waals surface area contributed by atoms with E-state index in [-0.39, 0.29) is 95.1 Å². The minimum atomic E-state index is -1.91. The average molecular weight is 1890 g/mol. The van der Waals surface area contributed by atoms with Gasteiger partial charge in [-0.15, -0.1) is 11.8 Å². The number of hydrogen-bond acceptors (Lipinski definition) is 23. The quantitative estimate of drug-likeness (QED) is 0.0180. The van der Waals surface area contributed by atoms with Crippen molar-refractivity contribution in [3.05, 3.63) is 173 Å². The third-order valence-electron chi connectivity index (χ3n) is 23.6. The summed E-state index contributed by atoms with van der Waals surface area (Å²) < 4.78 is 55.3. The van der Waals surface area contributed by atoms with Crippen LogP contribution in [-0.4, -0.2) is 298 Å². The lowest BCUT2D eigenvalue weighted by Crippen LogP contribution is -2.62. The number of unbranched alkanes of at least 4 members (excludes halogenated alkanes) is 2. The van der Waals surface area contributed by atoms with Gasteiger partial charge in [-0.05, 0) is 109 Å². The summed E-state index contributed by atoms with van der Waals surface area (Å²) in [5, 5.41) is 45.7. The number of primary amides is 1. The molecule has 6 aromatic rings. The van der Waals surface area contributed by atoms with Crippen LogP contribution < -0.4 is 59.3 Å². The molecule has 16 N–H and O–H groups in total. The third kappa shape index (κ3) is 28.8. The lowest BCUT2D eigenvalue weighted by atomic mass is 9.98. The van der Waals surface area contributed by atoms with Gasteiger partial charge in [-0.25, -0.2) is 13.2 Å². The smallest absolute Gasteiger partial charge is 0.293 e. The number of aliphatic hydroxyl groups excluding tert-OH is 1. The molecule has 3 aliphatic heterocycles. The highest BCUT2D eigenvalue weighted by atomic mass is 32.2. The van der Waals surface area contributed by atoms with Crippen molar-refractivity contribution in [2.75, 3.05) is 72.0 Å². The zero-order valence-electron chi connectivity index (χ0n) is 75.1. The summed E-state index contributed by atoms with van der Waals surface area (Å²) in [6.45, 7) is 1.70. The van der Waals surface area contributed by atoms with Gasteiger partial charge in [0.2, 0.25) is 88.6 Å². The molecule has 1 aromatic heterocycles. The number of ether oxygens (including phenoxy) is 2. The van der Waals surface area contributed by atoms with Crippen LogP contribution in [0.2, 0.25) is 0 Å². The number of thioether (sulfide) groups is 1. The van der Waals surface area contributed by atoms with E-state index < -0.39 is 254 Å². The molecule has 0 radical (unpaired) electrons. The van der Waals surface area contributed by atoms with E-state index in [0.29, 0.717) is 69.9 Å². The molecule has 42 heteroatoms. The van der Waals surface area contributed by atoms with Gasteiger partial charge in [-0.1, -0.05) is 125 Å². The summed E-state index contributed by atoms with van der Waals surface area (Å²) in [5.41, 5.74) is 13.2. The second kappa shape index (κ2) is 50.4. The van der Waals surface area contributed by atoms with Crippen LogP contribution in [0.1, 0.15) is 106 Å². The molecular weight excluding hydrogens is 1770 g/mol. The van der Waals surface area contributed by atoms with E-state index in [1.54, 1.807) is 91.1 Å². The van der Waals surface area contributed by atoms with Gasteiger partial charge in [0.05, 0.1) is 18.4 Å². The number of halogens is 3. The van der Waals surface area contributed by atoms with Gasteiger partial charge in [-0.2, -0.15) is 0 Å². The van der Waals surface area contributed by atoms with Crippen LogP contribution >= 0.6 is 11.8 Å². The summed E-state index contributed by atoms with van der Waals surface area (Å²) >= 11 is 0.655. The summed E-state index contributed by atoms with van der Waals surface area (Å²) in [7, 11) is 3.71. The van der Waals surface area contributed by atoms with Crippen LogP contribution in [0.3, 0.4) is 0 Å². The number of hydrogen-bond donors (Lipinski definition) is 14. The number of carbonyl (C=O) groups is 17. The maximum absolute atomic E-state index is 15.7. The number of phenolic OH excluding ortho intramolecular Hbond substituents is 1. The Morgan fingerprint density at radius 2 is 1.10 bits per heavy atom. The number of phenols is 1. The zero-order valence-corrected chi connectivity index (χ0v) is 75.9. The fourth-order valence-electron chi connectivity index (χ4n) is 16.2. The molecule has 5 aromatic carbocycles. The largest absolute Gasteiger partial charge is 0.508 e. The molecule has 0 saturated carbocycles. The van der Waals surface area contributed by atoms with Crippen molar-refractivity contribution < 1.29 is 114 Å².